The molecule has 31 heavy (non-hydrogen) atoms. The van der Waals surface area contributed by atoms with E-state index in [0.29, 0.717) is 19.5 Å². The van der Waals surface area contributed by atoms with Crippen LogP contribution in [0.2, 0.25) is 0 Å². The van der Waals surface area contributed by atoms with Crippen LogP contribution in [0.5, 0.6) is 0 Å². The molecule has 2 heterocycles. The van der Waals surface area contributed by atoms with Crippen molar-refractivity contribution in [3.8, 4) is 0 Å². The van der Waals surface area contributed by atoms with Crippen LogP contribution in [0.4, 0.5) is 0 Å². The lowest BCUT2D eigenvalue weighted by atomic mass is 10.1. The second-order valence-corrected chi connectivity index (χ2v) is 8.13. The lowest BCUT2D eigenvalue weighted by molar-refractivity contribution is -0.130. The Balaban J connectivity index is 1.31. The van der Waals surface area contributed by atoms with Crippen LogP contribution >= 0.6 is 0 Å². The number of hydrogen-bond donors (Lipinski definition) is 1. The molecule has 6 nitrogen and oxygen atoms in total. The maximum absolute atomic E-state index is 12.7. The summed E-state index contributed by atoms with van der Waals surface area (Å²) in [5.41, 5.74) is 3.09. The number of aromatic nitrogens is 2. The summed E-state index contributed by atoms with van der Waals surface area (Å²) in [5, 5.41) is 3.01. The third kappa shape index (κ3) is 5.51. The zero-order valence-electron chi connectivity index (χ0n) is 17.9. The maximum atomic E-state index is 12.7. The predicted octanol–water partition coefficient (Wildman–Crippen LogP) is 3.34. The Kier molecular flexibility index (Phi) is 6.97. The largest absolute Gasteiger partial charge is 0.356 e. The minimum Gasteiger partial charge on any atom is -0.356 e. The number of rotatable bonds is 9. The predicted molar refractivity (Wildman–Crippen MR) is 122 cm³/mol. The monoisotopic (exact) mass is 418 g/mol. The molecule has 0 radical (unpaired) electrons. The molecule has 4 rings (SSSR count). The third-order valence-corrected chi connectivity index (χ3v) is 5.87. The van der Waals surface area contributed by atoms with Crippen molar-refractivity contribution in [2.24, 2.45) is 0 Å². The molecule has 1 N–H and O–H groups in total. The molecule has 1 aliphatic heterocycles. The number of likely N-dealkylation sites (tertiary alicyclic amines) is 1. The van der Waals surface area contributed by atoms with E-state index in [1.807, 2.05) is 64.1 Å². The van der Waals surface area contributed by atoms with Crippen LogP contribution in [-0.4, -0.2) is 45.9 Å². The number of carbonyl (C=O) groups is 2. The Labute approximate surface area is 183 Å². The number of fused-ring (bicyclic) bond motifs is 1. The van der Waals surface area contributed by atoms with Crippen LogP contribution < -0.4 is 5.32 Å². The Morgan fingerprint density at radius 1 is 0.935 bits per heavy atom. The van der Waals surface area contributed by atoms with Crippen LogP contribution in [-0.2, 0) is 29.0 Å². The van der Waals surface area contributed by atoms with Gasteiger partial charge in [-0.3, -0.25) is 9.59 Å². The van der Waals surface area contributed by atoms with E-state index in [2.05, 4.69) is 5.32 Å². The van der Waals surface area contributed by atoms with Crippen molar-refractivity contribution in [1.82, 2.24) is 19.8 Å². The highest BCUT2D eigenvalue weighted by Gasteiger charge is 2.20. The van der Waals surface area contributed by atoms with Crippen LogP contribution in [0.15, 0.2) is 54.6 Å². The van der Waals surface area contributed by atoms with Gasteiger partial charge in [0.1, 0.15) is 12.4 Å². The fourth-order valence-corrected chi connectivity index (χ4v) is 4.16. The summed E-state index contributed by atoms with van der Waals surface area (Å²) in [7, 11) is 0. The number of nitrogens with zero attached hydrogens (tertiary/aromatic N) is 3. The van der Waals surface area contributed by atoms with Gasteiger partial charge in [0.25, 0.3) is 0 Å². The summed E-state index contributed by atoms with van der Waals surface area (Å²) in [5.74, 6) is 1.14. The van der Waals surface area contributed by atoms with Gasteiger partial charge in [0, 0.05) is 32.5 Å². The van der Waals surface area contributed by atoms with Gasteiger partial charge in [-0.1, -0.05) is 42.5 Å². The Hall–Kier alpha value is -3.15. The molecule has 6 heteroatoms. The standard InChI is InChI=1S/C25H30N4O2/c30-24(15-14-20-9-2-1-3-10-20)26-16-8-13-23-27-21-11-4-5-12-22(21)29(23)19-25(31)28-17-6-7-18-28/h1-5,9-12H,6-8,13-19H2,(H,26,30). The summed E-state index contributed by atoms with van der Waals surface area (Å²) < 4.78 is 2.05. The van der Waals surface area contributed by atoms with Gasteiger partial charge in [-0.2, -0.15) is 0 Å². The lowest BCUT2D eigenvalue weighted by Gasteiger charge is -2.17. The Morgan fingerprint density at radius 3 is 2.48 bits per heavy atom. The highest BCUT2D eigenvalue weighted by molar-refractivity contribution is 5.81. The molecule has 0 unspecified atom stereocenters. The fraction of sp³-hybridized carbons (Fsp3) is 0.400. The minimum absolute atomic E-state index is 0.0709. The van der Waals surface area contributed by atoms with Crippen LogP contribution in [0.3, 0.4) is 0 Å². The highest BCUT2D eigenvalue weighted by Crippen LogP contribution is 2.18. The van der Waals surface area contributed by atoms with E-state index >= 15 is 0 Å². The van der Waals surface area contributed by atoms with E-state index < -0.39 is 0 Å². The average molecular weight is 419 g/mol. The van der Waals surface area contributed by atoms with Gasteiger partial charge in [-0.05, 0) is 43.4 Å². The first-order valence-corrected chi connectivity index (χ1v) is 11.2. The maximum Gasteiger partial charge on any atom is 0.242 e. The van der Waals surface area contributed by atoms with Gasteiger partial charge in [0.05, 0.1) is 11.0 Å². The average Bonchev–Trinajstić information content (AvgIpc) is 3.45. The quantitative estimate of drug-likeness (QED) is 0.542. The molecule has 3 aromatic rings. The molecule has 0 bridgehead atoms. The molecular formula is C25H30N4O2. The molecule has 0 spiro atoms. The van der Waals surface area contributed by atoms with Gasteiger partial charge in [0.15, 0.2) is 0 Å². The smallest absolute Gasteiger partial charge is 0.242 e. The molecule has 1 fully saturated rings. The second-order valence-electron chi connectivity index (χ2n) is 8.13. The topological polar surface area (TPSA) is 67.2 Å². The van der Waals surface area contributed by atoms with Crippen molar-refractivity contribution in [3.63, 3.8) is 0 Å². The number of imidazole rings is 1. The van der Waals surface area contributed by atoms with E-state index in [1.54, 1.807) is 0 Å². The zero-order valence-corrected chi connectivity index (χ0v) is 17.9. The Morgan fingerprint density at radius 2 is 1.68 bits per heavy atom. The van der Waals surface area contributed by atoms with Gasteiger partial charge in [-0.15, -0.1) is 0 Å². The van der Waals surface area contributed by atoms with Crippen molar-refractivity contribution in [3.05, 3.63) is 66.0 Å². The molecule has 0 saturated carbocycles. The van der Waals surface area contributed by atoms with Gasteiger partial charge >= 0.3 is 0 Å². The summed E-state index contributed by atoms with van der Waals surface area (Å²) in [4.78, 5) is 31.6. The van der Waals surface area contributed by atoms with Crippen LogP contribution in [0, 0.1) is 0 Å². The van der Waals surface area contributed by atoms with Gasteiger partial charge in [-0.25, -0.2) is 4.98 Å². The van der Waals surface area contributed by atoms with E-state index in [9.17, 15) is 9.59 Å². The number of carbonyl (C=O) groups excluding carboxylic acids is 2. The number of amides is 2. The van der Waals surface area contributed by atoms with Crippen LogP contribution in [0.25, 0.3) is 11.0 Å². The SMILES string of the molecule is O=C(CCc1ccccc1)NCCCc1nc2ccccc2n1CC(=O)N1CCCC1. The van der Waals surface area contributed by atoms with E-state index in [0.717, 1.165) is 62.1 Å². The molecular weight excluding hydrogens is 388 g/mol. The number of benzene rings is 2. The van der Waals surface area contributed by atoms with E-state index in [4.69, 9.17) is 4.98 Å². The molecule has 0 aliphatic carbocycles. The van der Waals surface area contributed by atoms with Crippen molar-refractivity contribution >= 4 is 22.8 Å². The van der Waals surface area contributed by atoms with Gasteiger partial charge < -0.3 is 14.8 Å². The van der Waals surface area contributed by atoms with Crippen molar-refractivity contribution in [2.75, 3.05) is 19.6 Å². The molecule has 1 aromatic heterocycles. The number of para-hydroxylation sites is 2. The van der Waals surface area contributed by atoms with Crippen molar-refractivity contribution < 1.29 is 9.59 Å². The zero-order chi connectivity index (χ0) is 21.5. The van der Waals surface area contributed by atoms with E-state index in [-0.39, 0.29) is 11.8 Å². The summed E-state index contributed by atoms with van der Waals surface area (Å²) in [6.45, 7) is 2.65. The lowest BCUT2D eigenvalue weighted by Crippen LogP contribution is -2.31. The van der Waals surface area contributed by atoms with Gasteiger partial charge in [0.2, 0.25) is 11.8 Å². The summed E-state index contributed by atoms with van der Waals surface area (Å²) >= 11 is 0. The van der Waals surface area contributed by atoms with E-state index in [1.165, 1.54) is 5.56 Å². The molecule has 1 aliphatic rings. The molecule has 1 saturated heterocycles. The van der Waals surface area contributed by atoms with Crippen molar-refractivity contribution in [2.45, 2.75) is 45.1 Å². The fourth-order valence-electron chi connectivity index (χ4n) is 4.16. The first-order chi connectivity index (χ1) is 15.2. The molecule has 0 atom stereocenters. The molecule has 162 valence electrons. The molecule has 2 amide bonds. The molecule has 2 aromatic carbocycles. The highest BCUT2D eigenvalue weighted by atomic mass is 16.2. The second kappa shape index (κ2) is 10.2. The minimum atomic E-state index is 0.0709. The third-order valence-electron chi connectivity index (χ3n) is 5.87. The summed E-state index contributed by atoms with van der Waals surface area (Å²) in [6.07, 6.45) is 4.94. The summed E-state index contributed by atoms with van der Waals surface area (Å²) in [6, 6.07) is 18.0. The number of hydrogen-bond acceptors (Lipinski definition) is 3. The first kappa shape index (κ1) is 21.1. The number of nitrogens with one attached hydrogen (secondary N) is 1. The normalized spacial score (nSPS) is 13.6. The Bertz CT molecular complexity index is 1020. The first-order valence-electron chi connectivity index (χ1n) is 11.2. The van der Waals surface area contributed by atoms with Crippen molar-refractivity contribution in [1.29, 1.82) is 0 Å². The van der Waals surface area contributed by atoms with Crippen LogP contribution in [0.1, 0.15) is 37.1 Å². The number of aryl methyl sites for hydroxylation is 2.